The quantitative estimate of drug-likeness (QED) is 0.373. The summed E-state index contributed by atoms with van der Waals surface area (Å²) in [7, 11) is 0. The van der Waals surface area contributed by atoms with Crippen molar-refractivity contribution in [2.45, 2.75) is 82.6 Å². The summed E-state index contributed by atoms with van der Waals surface area (Å²) in [6.45, 7) is 6.89. The fraction of sp³-hybridized carbons (Fsp3) is 0.613. The van der Waals surface area contributed by atoms with Gasteiger partial charge in [0, 0.05) is 31.2 Å². The summed E-state index contributed by atoms with van der Waals surface area (Å²) in [5.41, 5.74) is 0.137. The molecule has 1 amide bonds. The van der Waals surface area contributed by atoms with E-state index in [1.165, 1.54) is 4.57 Å². The van der Waals surface area contributed by atoms with E-state index in [-0.39, 0.29) is 42.3 Å². The number of nitrogens with one attached hydrogen (secondary N) is 1. The van der Waals surface area contributed by atoms with Gasteiger partial charge in [-0.15, -0.1) is 0 Å². The number of fused-ring (bicyclic) bond motifs is 1. The number of morpholine rings is 1. The van der Waals surface area contributed by atoms with Gasteiger partial charge < -0.3 is 24.8 Å². The Kier molecular flexibility index (Phi) is 8.97. The molecule has 1 saturated carbocycles. The molecule has 6 rings (SSSR count). The van der Waals surface area contributed by atoms with Crippen LogP contribution in [0.4, 0.5) is 14.7 Å². The van der Waals surface area contributed by atoms with Crippen molar-refractivity contribution >= 4 is 22.9 Å². The van der Waals surface area contributed by atoms with Crippen LogP contribution in [-0.4, -0.2) is 98.6 Å². The van der Waals surface area contributed by atoms with Crippen LogP contribution in [-0.2, 0) is 9.53 Å². The molecule has 238 valence electrons. The number of anilines is 1. The predicted molar refractivity (Wildman–Crippen MR) is 160 cm³/mol. The van der Waals surface area contributed by atoms with Gasteiger partial charge in [-0.2, -0.15) is 9.97 Å². The number of ether oxygens (including phenoxy) is 2. The van der Waals surface area contributed by atoms with E-state index in [2.05, 4.69) is 20.2 Å². The topological polar surface area (TPSA) is 118 Å². The van der Waals surface area contributed by atoms with Gasteiger partial charge in [-0.3, -0.25) is 14.3 Å². The zero-order valence-corrected chi connectivity index (χ0v) is 25.3. The fourth-order valence-corrected chi connectivity index (χ4v) is 6.68. The van der Waals surface area contributed by atoms with Crippen LogP contribution >= 0.6 is 0 Å². The molecule has 2 aromatic heterocycles. The van der Waals surface area contributed by atoms with E-state index >= 15 is 0 Å². The lowest BCUT2D eigenvalue weighted by molar-refractivity contribution is -0.124. The highest BCUT2D eigenvalue weighted by molar-refractivity contribution is 5.79. The van der Waals surface area contributed by atoms with Crippen molar-refractivity contribution in [3.8, 4) is 11.7 Å². The third kappa shape index (κ3) is 6.79. The van der Waals surface area contributed by atoms with Gasteiger partial charge in [0.1, 0.15) is 11.9 Å². The molecule has 1 atom stereocenters. The Morgan fingerprint density at radius 2 is 1.84 bits per heavy atom. The zero-order chi connectivity index (χ0) is 30.8. The largest absolute Gasteiger partial charge is 0.474 e. The van der Waals surface area contributed by atoms with Crippen LogP contribution in [0.1, 0.15) is 64.6 Å². The molecule has 1 aliphatic carbocycles. The predicted octanol–water partition coefficient (Wildman–Crippen LogP) is 3.63. The maximum atomic E-state index is 14.2. The average Bonchev–Trinajstić information content (AvgIpc) is 3.64. The maximum Gasteiger partial charge on any atom is 0.296 e. The Morgan fingerprint density at radius 3 is 2.57 bits per heavy atom. The van der Waals surface area contributed by atoms with Crippen molar-refractivity contribution in [1.82, 2.24) is 29.7 Å². The van der Waals surface area contributed by atoms with Crippen LogP contribution < -0.4 is 15.0 Å². The summed E-state index contributed by atoms with van der Waals surface area (Å²) in [6, 6.07) is 8.62. The Bertz CT molecular complexity index is 1450. The molecule has 13 heteroatoms. The number of halogens is 2. The van der Waals surface area contributed by atoms with Crippen molar-refractivity contribution in [1.29, 1.82) is 0 Å². The number of carbonyl (C=O) groups is 1. The molecule has 3 aliphatic rings. The number of benzene rings is 1. The molecule has 44 heavy (non-hydrogen) atoms. The number of aliphatic hydroxyl groups is 1. The van der Waals surface area contributed by atoms with Gasteiger partial charge in [-0.25, -0.2) is 13.8 Å². The van der Waals surface area contributed by atoms with Gasteiger partial charge in [0.25, 0.3) is 6.43 Å². The van der Waals surface area contributed by atoms with Crippen LogP contribution in [0.5, 0.6) is 5.88 Å². The number of amides is 1. The molecule has 3 aromatic rings. The number of rotatable bonds is 9. The number of carbonyl (C=O) groups excluding carboxylic acids is 1. The highest BCUT2D eigenvalue weighted by Gasteiger charge is 2.37. The average molecular weight is 614 g/mol. The molecule has 0 unspecified atom stereocenters. The number of aromatic nitrogens is 4. The molecular weight excluding hydrogens is 572 g/mol. The van der Waals surface area contributed by atoms with Gasteiger partial charge in [0.2, 0.25) is 17.7 Å². The summed E-state index contributed by atoms with van der Waals surface area (Å²) in [5, 5.41) is 13.6. The Morgan fingerprint density at radius 1 is 1.09 bits per heavy atom. The summed E-state index contributed by atoms with van der Waals surface area (Å²) < 4.78 is 41.6. The first-order valence-electron chi connectivity index (χ1n) is 15.6. The Balaban J connectivity index is 1.15. The number of para-hydroxylation sites is 2. The number of nitrogens with zero attached hydrogens (tertiary/aromatic N) is 6. The molecule has 3 fully saturated rings. The highest BCUT2D eigenvalue weighted by atomic mass is 19.3. The molecule has 1 aromatic carbocycles. The molecule has 2 N–H and O–H groups in total. The van der Waals surface area contributed by atoms with Gasteiger partial charge >= 0.3 is 0 Å². The number of imidazole rings is 1. The molecule has 2 saturated heterocycles. The number of likely N-dealkylation sites (tertiary alicyclic amines) is 1. The second-order valence-electron chi connectivity index (χ2n) is 12.5. The van der Waals surface area contributed by atoms with E-state index in [4.69, 9.17) is 14.5 Å². The molecule has 0 bridgehead atoms. The highest BCUT2D eigenvalue weighted by Crippen LogP contribution is 2.31. The van der Waals surface area contributed by atoms with Gasteiger partial charge in [-0.1, -0.05) is 12.1 Å². The second-order valence-corrected chi connectivity index (χ2v) is 12.5. The monoisotopic (exact) mass is 613 g/mol. The van der Waals surface area contributed by atoms with E-state index < -0.39 is 12.0 Å². The molecule has 2 aliphatic heterocycles. The standard InChI is InChI=1S/C31H41F2N7O4/c1-31(2,42)24-8-5-13-39(24)19-26(41)34-20-9-11-21(12-10-20)44-27-18-25(36-30(37-27)38-14-16-43-17-15-38)40-23-7-4-3-6-22(23)35-29(40)28(32)33/h3-4,6-7,18,20-21,24,28,42H,5,8-17,19H2,1-2H3,(H,34,41)/t20?,21?,24-/m0/s1. The lowest BCUT2D eigenvalue weighted by atomic mass is 9.93. The Labute approximate surface area is 255 Å². The van der Waals surface area contributed by atoms with E-state index in [0.717, 1.165) is 32.2 Å². The first-order valence-corrected chi connectivity index (χ1v) is 15.6. The molecule has 4 heterocycles. The van der Waals surface area contributed by atoms with E-state index in [9.17, 15) is 18.7 Å². The van der Waals surface area contributed by atoms with Gasteiger partial charge in [-0.05, 0) is 71.0 Å². The smallest absolute Gasteiger partial charge is 0.296 e. The van der Waals surface area contributed by atoms with Crippen LogP contribution in [0.15, 0.2) is 30.3 Å². The lowest BCUT2D eigenvalue weighted by Crippen LogP contribution is -2.50. The second kappa shape index (κ2) is 12.9. The third-order valence-corrected chi connectivity index (χ3v) is 8.83. The van der Waals surface area contributed by atoms with Crippen molar-refractivity contribution in [2.75, 3.05) is 44.3 Å². The van der Waals surface area contributed by atoms with Crippen LogP contribution in [0, 0.1) is 0 Å². The number of hydrogen-bond donors (Lipinski definition) is 2. The lowest BCUT2D eigenvalue weighted by Gasteiger charge is -2.34. The molecular formula is C31H41F2N7O4. The van der Waals surface area contributed by atoms with Crippen LogP contribution in [0.25, 0.3) is 16.9 Å². The Hall–Kier alpha value is -3.42. The minimum Gasteiger partial charge on any atom is -0.474 e. The van der Waals surface area contributed by atoms with Crippen LogP contribution in [0.3, 0.4) is 0 Å². The minimum absolute atomic E-state index is 0.0189. The third-order valence-electron chi connectivity index (χ3n) is 8.83. The van der Waals surface area contributed by atoms with E-state index in [0.29, 0.717) is 62.0 Å². The normalized spacial score (nSPS) is 23.4. The van der Waals surface area contributed by atoms with Gasteiger partial charge in [0.15, 0.2) is 5.82 Å². The summed E-state index contributed by atoms with van der Waals surface area (Å²) in [4.78, 5) is 30.5. The number of alkyl halides is 2. The van der Waals surface area contributed by atoms with E-state index in [1.54, 1.807) is 44.2 Å². The fourth-order valence-electron chi connectivity index (χ4n) is 6.68. The van der Waals surface area contributed by atoms with Crippen LogP contribution in [0.2, 0.25) is 0 Å². The zero-order valence-electron chi connectivity index (χ0n) is 25.3. The molecule has 11 nitrogen and oxygen atoms in total. The minimum atomic E-state index is -2.80. The maximum absolute atomic E-state index is 14.2. The van der Waals surface area contributed by atoms with Crippen molar-refractivity contribution in [3.63, 3.8) is 0 Å². The first kappa shape index (κ1) is 30.6. The first-order chi connectivity index (χ1) is 21.2. The van der Waals surface area contributed by atoms with Crippen molar-refractivity contribution in [3.05, 3.63) is 36.2 Å². The van der Waals surface area contributed by atoms with Gasteiger partial charge in [0.05, 0.1) is 36.4 Å². The number of hydrogen-bond acceptors (Lipinski definition) is 9. The van der Waals surface area contributed by atoms with Crippen molar-refractivity contribution in [2.24, 2.45) is 0 Å². The summed E-state index contributed by atoms with van der Waals surface area (Å²) >= 11 is 0. The summed E-state index contributed by atoms with van der Waals surface area (Å²) in [5.74, 6) is 0.568. The molecule has 0 radical (unpaired) electrons. The summed E-state index contributed by atoms with van der Waals surface area (Å²) in [6.07, 6.45) is 1.84. The van der Waals surface area contributed by atoms with Crippen molar-refractivity contribution < 1.29 is 28.2 Å². The molecule has 0 spiro atoms. The van der Waals surface area contributed by atoms with E-state index in [1.807, 2.05) is 4.90 Å². The SMILES string of the molecule is CC(C)(O)[C@@H]1CCCN1CC(=O)NC1CCC(Oc2cc(-n3c(C(F)F)nc4ccccc43)nc(N3CCOCC3)n2)CC1.